The Balaban J connectivity index is 0.000000399. The van der Waals surface area contributed by atoms with Crippen LogP contribution < -0.4 is 0 Å². The van der Waals surface area contributed by atoms with Gasteiger partial charge in [0.2, 0.25) is 0 Å². The van der Waals surface area contributed by atoms with E-state index in [0.29, 0.717) is 0 Å². The van der Waals surface area contributed by atoms with Crippen LogP contribution in [0, 0.1) is 6.08 Å². The minimum atomic E-state index is -4.92. The molecule has 0 bridgehead atoms. The molecule has 0 nitrogen and oxygen atoms in total. The summed E-state index contributed by atoms with van der Waals surface area (Å²) in [6.07, 6.45) is 15.6. The van der Waals surface area contributed by atoms with E-state index < -0.39 is 10.9 Å². The van der Waals surface area contributed by atoms with Gasteiger partial charge in [-0.25, -0.2) is 0 Å². The quantitative estimate of drug-likeness (QED) is 0.248. The van der Waals surface area contributed by atoms with Crippen molar-refractivity contribution >= 4 is 4.74 Å². The van der Waals surface area contributed by atoms with Gasteiger partial charge < -0.3 is 6.08 Å². The van der Waals surface area contributed by atoms with Gasteiger partial charge in [0.05, 0.1) is 0 Å². The predicted molar refractivity (Wildman–Crippen MR) is 66.1 cm³/mol. The molecule has 0 aromatic rings. The zero-order valence-electron chi connectivity index (χ0n) is 10.7. The van der Waals surface area contributed by atoms with Gasteiger partial charge in [-0.15, -0.1) is 0 Å². The first-order valence-corrected chi connectivity index (χ1v) is 6.86. The summed E-state index contributed by atoms with van der Waals surface area (Å²) in [6.45, 7) is 0. The molecule has 0 saturated heterocycles. The van der Waals surface area contributed by atoms with E-state index in [1.165, 1.54) is 51.4 Å². The van der Waals surface area contributed by atoms with Gasteiger partial charge in [-0.3, -0.25) is 6.08 Å². The molecule has 0 amide bonds. The second kappa shape index (κ2) is 11.4. The summed E-state index contributed by atoms with van der Waals surface area (Å²) in [6, 6.07) is 0. The standard InChI is InChI=1S/C12H19.C2F4.Ni/c1-2-4-6-8-10-12-11-9-7-5-3-1;3-1-2(4,5)6;/h1-2,7H,3-6,8,10-12H2;;/q-1;;. The van der Waals surface area contributed by atoms with Crippen molar-refractivity contribution in [2.75, 3.05) is 0 Å². The van der Waals surface area contributed by atoms with Crippen molar-refractivity contribution in [2.45, 2.75) is 57.5 Å². The van der Waals surface area contributed by atoms with Crippen LogP contribution in [0.15, 0.2) is 18.2 Å². The van der Waals surface area contributed by atoms with E-state index in [4.69, 9.17) is 0 Å². The molecule has 1 aliphatic carbocycles. The van der Waals surface area contributed by atoms with E-state index in [0.717, 1.165) is 0 Å². The molecule has 0 heterocycles. The fourth-order valence-electron chi connectivity index (χ4n) is 1.46. The molecule has 0 aromatic carbocycles. The van der Waals surface area contributed by atoms with Crippen molar-refractivity contribution in [2.24, 2.45) is 0 Å². The number of halogens is 4. The maximum atomic E-state index is 10.8. The Labute approximate surface area is 119 Å². The second-order valence-electron chi connectivity index (χ2n) is 4.14. The van der Waals surface area contributed by atoms with Crippen molar-refractivity contribution in [1.29, 1.82) is 0 Å². The van der Waals surface area contributed by atoms with Gasteiger partial charge in [0.25, 0.3) is 0 Å². The Morgan fingerprint density at radius 1 is 0.947 bits per heavy atom. The van der Waals surface area contributed by atoms with Crippen LogP contribution in [-0.2, 0) is 15.0 Å². The van der Waals surface area contributed by atoms with Crippen LogP contribution in [0.4, 0.5) is 17.6 Å². The Morgan fingerprint density at radius 3 is 2.16 bits per heavy atom. The Kier molecular flexibility index (Phi) is 11.1. The number of hydrogen-bond donors (Lipinski definition) is 0. The van der Waals surface area contributed by atoms with Crippen LogP contribution in [-0.4, -0.2) is 10.9 Å². The van der Waals surface area contributed by atoms with Crippen molar-refractivity contribution in [1.82, 2.24) is 0 Å². The van der Waals surface area contributed by atoms with Gasteiger partial charge in [-0.05, 0) is 19.3 Å². The maximum Gasteiger partial charge on any atom is -0.0343 e. The number of rotatable bonds is 0. The van der Waals surface area contributed by atoms with E-state index in [9.17, 15) is 17.6 Å². The van der Waals surface area contributed by atoms with Crippen molar-refractivity contribution < 1.29 is 32.6 Å². The van der Waals surface area contributed by atoms with Crippen LogP contribution in [0.2, 0.25) is 0 Å². The maximum absolute atomic E-state index is 10.8. The van der Waals surface area contributed by atoms with Gasteiger partial charge >= 0.3 is 43.5 Å². The minimum Gasteiger partial charge on any atom is -0.501 e. The average Bonchev–Trinajstić information content (AvgIpc) is 2.29. The topological polar surface area (TPSA) is 0 Å². The molecule has 1 rings (SSSR count). The summed E-state index contributed by atoms with van der Waals surface area (Å²) in [5, 5.41) is 0. The predicted octanol–water partition coefficient (Wildman–Crippen LogP) is 5.23. The SMILES string of the molecule is F[C](=[Ni])C(F)(F)F.[C-]1=CCCC=CCCCCCC1. The zero-order valence-corrected chi connectivity index (χ0v) is 11.7. The van der Waals surface area contributed by atoms with Crippen LogP contribution in [0.5, 0.6) is 0 Å². The van der Waals surface area contributed by atoms with Gasteiger partial charge in [0.1, 0.15) is 0 Å². The summed E-state index contributed by atoms with van der Waals surface area (Å²) < 4.78 is 40.5. The van der Waals surface area contributed by atoms with E-state index in [2.05, 4.69) is 39.3 Å². The monoisotopic (exact) mass is 321 g/mol. The first-order valence-electron chi connectivity index (χ1n) is 6.36. The molecule has 0 unspecified atom stereocenters. The molecule has 0 atom stereocenters. The molecular formula is C14H19F4Ni-. The summed E-state index contributed by atoms with van der Waals surface area (Å²) in [5.74, 6) is 0. The molecule has 0 radical (unpaired) electrons. The van der Waals surface area contributed by atoms with Gasteiger partial charge in [-0.1, -0.05) is 37.8 Å². The van der Waals surface area contributed by atoms with E-state index >= 15 is 0 Å². The average molecular weight is 322 g/mol. The van der Waals surface area contributed by atoms with Crippen molar-refractivity contribution in [3.63, 3.8) is 0 Å². The van der Waals surface area contributed by atoms with E-state index in [-0.39, 0.29) is 0 Å². The molecule has 1 aliphatic rings. The molecule has 0 N–H and O–H groups in total. The van der Waals surface area contributed by atoms with Crippen LogP contribution in [0.25, 0.3) is 0 Å². The van der Waals surface area contributed by atoms with Gasteiger partial charge in [-0.2, -0.15) is 6.42 Å². The summed E-state index contributed by atoms with van der Waals surface area (Å²) in [4.78, 5) is 0. The third-order valence-electron chi connectivity index (χ3n) is 2.43. The van der Waals surface area contributed by atoms with Crippen LogP contribution in [0.3, 0.4) is 0 Å². The van der Waals surface area contributed by atoms with Gasteiger partial charge in [0.15, 0.2) is 0 Å². The second-order valence-corrected chi connectivity index (χ2v) is 4.57. The smallest absolute Gasteiger partial charge is 0.0343 e. The molecule has 0 fully saturated rings. The van der Waals surface area contributed by atoms with Crippen molar-refractivity contribution in [3.05, 3.63) is 24.3 Å². The molecule has 0 aromatic heterocycles. The number of alkyl halides is 3. The number of allylic oxidation sites excluding steroid dienone is 4. The first kappa shape index (κ1) is 18.6. The van der Waals surface area contributed by atoms with Gasteiger partial charge in [0, 0.05) is 0 Å². The summed E-state index contributed by atoms with van der Waals surface area (Å²) in [5.41, 5.74) is 0. The normalized spacial score (nSPS) is 17.8. The zero-order chi connectivity index (χ0) is 14.6. The van der Waals surface area contributed by atoms with Crippen molar-refractivity contribution in [3.8, 4) is 0 Å². The summed E-state index contributed by atoms with van der Waals surface area (Å²) in [7, 11) is 0. The Morgan fingerprint density at radius 2 is 1.53 bits per heavy atom. The third kappa shape index (κ3) is 13.8. The molecule has 0 saturated carbocycles. The van der Waals surface area contributed by atoms with Crippen LogP contribution in [0.1, 0.15) is 51.4 Å². The van der Waals surface area contributed by atoms with E-state index in [1.807, 2.05) is 0 Å². The molecule has 114 valence electrons. The Bertz CT molecular complexity index is 274. The summed E-state index contributed by atoms with van der Waals surface area (Å²) >= 11 is 2.86. The molecular weight excluding hydrogens is 303 g/mol. The first-order chi connectivity index (χ1) is 8.94. The fraction of sp³-hybridized carbons (Fsp3) is 0.643. The largest absolute Gasteiger partial charge is 0.501 e. The van der Waals surface area contributed by atoms with E-state index in [1.54, 1.807) is 0 Å². The molecule has 0 spiro atoms. The number of hydrogen-bond acceptors (Lipinski definition) is 0. The van der Waals surface area contributed by atoms with Crippen LogP contribution >= 0.6 is 0 Å². The minimum absolute atomic E-state index is 1.17. The fourth-order valence-corrected chi connectivity index (χ4v) is 1.46. The molecule has 5 heteroatoms. The molecule has 19 heavy (non-hydrogen) atoms. The third-order valence-corrected chi connectivity index (χ3v) is 2.71. The Hall–Kier alpha value is -0.436. The molecule has 0 aliphatic heterocycles.